The van der Waals surface area contributed by atoms with E-state index in [1.54, 1.807) is 0 Å². The molecule has 0 atom stereocenters. The molecule has 150 valence electrons. The van der Waals surface area contributed by atoms with Gasteiger partial charge in [0.15, 0.2) is 0 Å². The molecule has 0 radical (unpaired) electrons. The standard InChI is InChI=1S/C24H42O2/c1-2-3-4-5-6-7-8-9-10-11-12-13-14-15-16-19-22-26-24(25)23-20-17-18-21-23/h17-18,20-21,25H,2-16,19,22H2,1H3. The number of aliphatic hydroxyl groups excluding tert-OH is 1. The third kappa shape index (κ3) is 13.1. The normalized spacial score (nSPS) is 12.9. The van der Waals surface area contributed by atoms with Crippen molar-refractivity contribution in [3.63, 3.8) is 0 Å². The highest BCUT2D eigenvalue weighted by Gasteiger charge is 2.03. The van der Waals surface area contributed by atoms with Gasteiger partial charge in [0.2, 0.25) is 0 Å². The molecule has 0 heterocycles. The number of hydrogen-bond acceptors (Lipinski definition) is 2. The summed E-state index contributed by atoms with van der Waals surface area (Å²) in [5, 5.41) is 9.73. The van der Waals surface area contributed by atoms with Crippen LogP contribution in [0.3, 0.4) is 0 Å². The van der Waals surface area contributed by atoms with Crippen LogP contribution in [0.25, 0.3) is 0 Å². The fourth-order valence-electron chi connectivity index (χ4n) is 3.42. The molecule has 1 N–H and O–H groups in total. The van der Waals surface area contributed by atoms with Gasteiger partial charge in [-0.3, -0.25) is 0 Å². The number of rotatable bonds is 18. The lowest BCUT2D eigenvalue weighted by atomic mass is 10.0. The van der Waals surface area contributed by atoms with Crippen LogP contribution in [0, 0.1) is 0 Å². The van der Waals surface area contributed by atoms with E-state index in [1.807, 2.05) is 24.3 Å². The van der Waals surface area contributed by atoms with E-state index in [-0.39, 0.29) is 5.95 Å². The fourth-order valence-corrected chi connectivity index (χ4v) is 3.42. The number of unbranched alkanes of at least 4 members (excludes halogenated alkanes) is 15. The third-order valence-electron chi connectivity index (χ3n) is 5.15. The molecule has 0 aromatic rings. The molecule has 0 aromatic carbocycles. The van der Waals surface area contributed by atoms with E-state index in [2.05, 4.69) is 6.92 Å². The van der Waals surface area contributed by atoms with Crippen molar-refractivity contribution in [2.75, 3.05) is 6.61 Å². The van der Waals surface area contributed by atoms with Gasteiger partial charge >= 0.3 is 0 Å². The maximum Gasteiger partial charge on any atom is 0.284 e. The first-order valence-corrected chi connectivity index (χ1v) is 11.3. The van der Waals surface area contributed by atoms with Crippen LogP contribution in [0.1, 0.15) is 110 Å². The second-order valence-electron chi connectivity index (χ2n) is 7.63. The highest BCUT2D eigenvalue weighted by molar-refractivity contribution is 5.40. The summed E-state index contributed by atoms with van der Waals surface area (Å²) in [6.07, 6.45) is 29.5. The van der Waals surface area contributed by atoms with Crippen molar-refractivity contribution in [3.05, 3.63) is 35.8 Å². The summed E-state index contributed by atoms with van der Waals surface area (Å²) in [5.74, 6) is 0.0657. The minimum Gasteiger partial charge on any atom is -0.481 e. The summed E-state index contributed by atoms with van der Waals surface area (Å²) in [5.41, 5.74) is 0.779. The highest BCUT2D eigenvalue weighted by Crippen LogP contribution is 2.15. The molecule has 26 heavy (non-hydrogen) atoms. The predicted molar refractivity (Wildman–Crippen MR) is 113 cm³/mol. The van der Waals surface area contributed by atoms with Crippen molar-refractivity contribution < 1.29 is 9.84 Å². The first-order chi connectivity index (χ1) is 12.8. The fraction of sp³-hybridized carbons (Fsp3) is 0.750. The van der Waals surface area contributed by atoms with Gasteiger partial charge < -0.3 is 9.84 Å². The Morgan fingerprint density at radius 2 is 1.04 bits per heavy atom. The Kier molecular flexibility index (Phi) is 15.2. The van der Waals surface area contributed by atoms with E-state index in [0.717, 1.165) is 12.0 Å². The van der Waals surface area contributed by atoms with Crippen molar-refractivity contribution in [3.8, 4) is 0 Å². The Labute approximate surface area is 162 Å². The van der Waals surface area contributed by atoms with Gasteiger partial charge in [0.05, 0.1) is 12.2 Å². The van der Waals surface area contributed by atoms with E-state index in [9.17, 15) is 5.11 Å². The first-order valence-electron chi connectivity index (χ1n) is 11.3. The van der Waals surface area contributed by atoms with Crippen LogP contribution in [-0.4, -0.2) is 11.7 Å². The molecule has 2 heteroatoms. The van der Waals surface area contributed by atoms with Crippen molar-refractivity contribution in [1.82, 2.24) is 0 Å². The molecule has 0 saturated carbocycles. The van der Waals surface area contributed by atoms with Crippen LogP contribution < -0.4 is 0 Å². The Morgan fingerprint density at radius 3 is 1.46 bits per heavy atom. The largest absolute Gasteiger partial charge is 0.481 e. The zero-order valence-electron chi connectivity index (χ0n) is 17.2. The van der Waals surface area contributed by atoms with Gasteiger partial charge in [-0.25, -0.2) is 0 Å². The lowest BCUT2D eigenvalue weighted by Gasteiger charge is -2.06. The molecule has 0 bridgehead atoms. The lowest BCUT2D eigenvalue weighted by Crippen LogP contribution is -1.96. The molecule has 0 saturated heterocycles. The van der Waals surface area contributed by atoms with Gasteiger partial charge in [0.25, 0.3) is 5.95 Å². The second-order valence-corrected chi connectivity index (χ2v) is 7.63. The topological polar surface area (TPSA) is 29.5 Å². The molecule has 2 nitrogen and oxygen atoms in total. The summed E-state index contributed by atoms with van der Waals surface area (Å²) < 4.78 is 5.38. The Hall–Kier alpha value is -1.18. The number of allylic oxidation sites excluding steroid dienone is 5. The predicted octanol–water partition coefficient (Wildman–Crippen LogP) is 8.16. The average molecular weight is 363 g/mol. The third-order valence-corrected chi connectivity index (χ3v) is 5.15. The monoisotopic (exact) mass is 362 g/mol. The van der Waals surface area contributed by atoms with Crippen molar-refractivity contribution >= 4 is 0 Å². The van der Waals surface area contributed by atoms with E-state index < -0.39 is 0 Å². The molecule has 0 aliphatic heterocycles. The molecule has 1 aliphatic carbocycles. The van der Waals surface area contributed by atoms with Gasteiger partial charge in [-0.1, -0.05) is 115 Å². The zero-order valence-corrected chi connectivity index (χ0v) is 17.2. The minimum atomic E-state index is 0.0657. The molecule has 0 unspecified atom stereocenters. The van der Waals surface area contributed by atoms with Crippen LogP contribution in [0.2, 0.25) is 0 Å². The minimum absolute atomic E-state index is 0.0657. The second kappa shape index (κ2) is 17.2. The van der Waals surface area contributed by atoms with E-state index >= 15 is 0 Å². The van der Waals surface area contributed by atoms with Gasteiger partial charge in [-0.05, 0) is 18.6 Å². The van der Waals surface area contributed by atoms with Crippen LogP contribution in [0.15, 0.2) is 35.8 Å². The van der Waals surface area contributed by atoms with Gasteiger partial charge in [0.1, 0.15) is 0 Å². The SMILES string of the molecule is CCCCCCCCCCCCCCCCCCOC(O)=C1C=CC=C1. The summed E-state index contributed by atoms with van der Waals surface area (Å²) >= 11 is 0. The van der Waals surface area contributed by atoms with Crippen LogP contribution in [0.5, 0.6) is 0 Å². The zero-order chi connectivity index (χ0) is 18.7. The smallest absolute Gasteiger partial charge is 0.284 e. The summed E-state index contributed by atoms with van der Waals surface area (Å²) in [6.45, 7) is 2.90. The average Bonchev–Trinajstić information content (AvgIpc) is 3.19. The molecule has 0 spiro atoms. The maximum atomic E-state index is 9.73. The summed E-state index contributed by atoms with van der Waals surface area (Å²) in [6, 6.07) is 0. The van der Waals surface area contributed by atoms with Crippen molar-refractivity contribution in [2.24, 2.45) is 0 Å². The molecular weight excluding hydrogens is 320 g/mol. The first kappa shape index (κ1) is 22.9. The number of ether oxygens (including phenoxy) is 1. The lowest BCUT2D eigenvalue weighted by molar-refractivity contribution is 0.0885. The van der Waals surface area contributed by atoms with Crippen molar-refractivity contribution in [1.29, 1.82) is 0 Å². The molecule has 0 aromatic heterocycles. The number of aliphatic hydroxyl groups is 1. The van der Waals surface area contributed by atoms with Crippen LogP contribution >= 0.6 is 0 Å². The van der Waals surface area contributed by atoms with Crippen LogP contribution in [0.4, 0.5) is 0 Å². The molecule has 0 fully saturated rings. The van der Waals surface area contributed by atoms with Gasteiger partial charge in [-0.15, -0.1) is 0 Å². The maximum absolute atomic E-state index is 9.73. The molecule has 1 rings (SSSR count). The van der Waals surface area contributed by atoms with Crippen LogP contribution in [-0.2, 0) is 4.74 Å². The molecule has 1 aliphatic rings. The Balaban J connectivity index is 1.73. The molecular formula is C24H42O2. The Bertz CT molecular complexity index is 392. The quantitative estimate of drug-likeness (QED) is 0.197. The highest BCUT2D eigenvalue weighted by atomic mass is 16.6. The van der Waals surface area contributed by atoms with Gasteiger partial charge in [-0.2, -0.15) is 0 Å². The van der Waals surface area contributed by atoms with E-state index in [4.69, 9.17) is 4.74 Å². The summed E-state index contributed by atoms with van der Waals surface area (Å²) in [7, 11) is 0. The number of hydrogen-bond donors (Lipinski definition) is 1. The molecule has 0 amide bonds. The van der Waals surface area contributed by atoms with Crippen molar-refractivity contribution in [2.45, 2.75) is 110 Å². The summed E-state index contributed by atoms with van der Waals surface area (Å²) in [4.78, 5) is 0. The van der Waals surface area contributed by atoms with E-state index in [1.165, 1.54) is 96.3 Å². The van der Waals surface area contributed by atoms with E-state index in [0.29, 0.717) is 6.61 Å². The van der Waals surface area contributed by atoms with Gasteiger partial charge in [0, 0.05) is 0 Å². The Morgan fingerprint density at radius 1 is 0.654 bits per heavy atom.